The molecule has 6 heteroatoms. The van der Waals surface area contributed by atoms with E-state index in [4.69, 9.17) is 4.74 Å². The normalized spacial score (nSPS) is 11.0. The number of nitrogens with zero attached hydrogens (tertiary/aromatic N) is 2. The van der Waals surface area contributed by atoms with Crippen LogP contribution in [-0.2, 0) is 6.54 Å². The first-order valence-corrected chi connectivity index (χ1v) is 7.93. The number of esters is 1. The number of carbonyl (C=O) groups is 1. The molecule has 0 saturated carbocycles. The van der Waals surface area contributed by atoms with Crippen molar-refractivity contribution in [2.24, 2.45) is 5.92 Å². The highest BCUT2D eigenvalue weighted by Gasteiger charge is 2.19. The molecule has 25 heavy (non-hydrogen) atoms. The maximum atomic E-state index is 13.3. The summed E-state index contributed by atoms with van der Waals surface area (Å²) in [4.78, 5) is 25.1. The molecule has 128 valence electrons. The van der Waals surface area contributed by atoms with E-state index in [2.05, 4.69) is 5.10 Å². The predicted octanol–water partition coefficient (Wildman–Crippen LogP) is 3.41. The van der Waals surface area contributed by atoms with Crippen molar-refractivity contribution >= 4 is 16.7 Å². The molecule has 3 aromatic rings. The zero-order valence-electron chi connectivity index (χ0n) is 13.9. The lowest BCUT2D eigenvalue weighted by molar-refractivity contribution is 0.0727. The Bertz CT molecular complexity index is 995. The van der Waals surface area contributed by atoms with Gasteiger partial charge in [-0.1, -0.05) is 38.1 Å². The monoisotopic (exact) mass is 340 g/mol. The van der Waals surface area contributed by atoms with Gasteiger partial charge in [0.1, 0.15) is 11.6 Å². The molecular formula is C19H17FN2O3. The van der Waals surface area contributed by atoms with E-state index in [1.54, 1.807) is 24.3 Å². The smallest absolute Gasteiger partial charge is 0.364 e. The maximum absolute atomic E-state index is 13.3. The summed E-state index contributed by atoms with van der Waals surface area (Å²) in [6.07, 6.45) is 0. The molecular weight excluding hydrogens is 323 g/mol. The average molecular weight is 340 g/mol. The summed E-state index contributed by atoms with van der Waals surface area (Å²) in [7, 11) is 0. The van der Waals surface area contributed by atoms with Gasteiger partial charge >= 0.3 is 5.97 Å². The van der Waals surface area contributed by atoms with E-state index in [1.165, 1.54) is 22.9 Å². The predicted molar refractivity (Wildman–Crippen MR) is 92.2 cm³/mol. The number of carbonyl (C=O) groups excluding carboxylic acids is 1. The van der Waals surface area contributed by atoms with Crippen LogP contribution in [-0.4, -0.2) is 15.7 Å². The molecule has 0 radical (unpaired) electrons. The van der Waals surface area contributed by atoms with Gasteiger partial charge in [-0.05, 0) is 24.1 Å². The number of fused-ring (bicyclic) bond motifs is 1. The molecule has 0 atom stereocenters. The molecule has 5 nitrogen and oxygen atoms in total. The summed E-state index contributed by atoms with van der Waals surface area (Å²) in [6, 6.07) is 12.0. The lowest BCUT2D eigenvalue weighted by Crippen LogP contribution is -2.28. The Kier molecular flexibility index (Phi) is 4.61. The molecule has 0 unspecified atom stereocenters. The molecule has 1 aromatic heterocycles. The van der Waals surface area contributed by atoms with E-state index in [1.807, 2.05) is 13.8 Å². The zero-order chi connectivity index (χ0) is 18.0. The minimum Gasteiger partial charge on any atom is -0.422 e. The van der Waals surface area contributed by atoms with Gasteiger partial charge in [-0.3, -0.25) is 4.79 Å². The van der Waals surface area contributed by atoms with Gasteiger partial charge in [0.15, 0.2) is 5.69 Å². The summed E-state index contributed by atoms with van der Waals surface area (Å²) in [5.41, 5.74) is -0.230. The van der Waals surface area contributed by atoms with Gasteiger partial charge in [0, 0.05) is 18.0 Å². The average Bonchev–Trinajstić information content (AvgIpc) is 2.57. The van der Waals surface area contributed by atoms with Crippen LogP contribution in [0.3, 0.4) is 0 Å². The second kappa shape index (κ2) is 6.84. The van der Waals surface area contributed by atoms with E-state index in [0.29, 0.717) is 17.3 Å². The standard InChI is InChI=1S/C19H17FN2O3/c1-12(2)11-22-18(23)16-9-4-3-8-15(16)17(21-22)19(24)25-14-7-5-6-13(20)10-14/h3-10,12H,11H2,1-2H3. The fourth-order valence-electron chi connectivity index (χ4n) is 2.54. The molecule has 0 fully saturated rings. The van der Waals surface area contributed by atoms with Gasteiger partial charge in [0.05, 0.1) is 5.39 Å². The molecule has 0 spiro atoms. The fraction of sp³-hybridized carbons (Fsp3) is 0.211. The Labute approximate surface area is 143 Å². The van der Waals surface area contributed by atoms with Gasteiger partial charge in [-0.2, -0.15) is 5.10 Å². The molecule has 1 heterocycles. The van der Waals surface area contributed by atoms with Crippen molar-refractivity contribution in [3.05, 3.63) is 70.4 Å². The van der Waals surface area contributed by atoms with E-state index >= 15 is 0 Å². The Morgan fingerprint density at radius 2 is 1.88 bits per heavy atom. The van der Waals surface area contributed by atoms with Gasteiger partial charge in [-0.25, -0.2) is 13.9 Å². The lowest BCUT2D eigenvalue weighted by atomic mass is 10.1. The van der Waals surface area contributed by atoms with Crippen LogP contribution < -0.4 is 10.3 Å². The summed E-state index contributed by atoms with van der Waals surface area (Å²) in [5, 5.41) is 5.00. The van der Waals surface area contributed by atoms with Crippen LogP contribution in [0.4, 0.5) is 4.39 Å². The number of hydrogen-bond acceptors (Lipinski definition) is 4. The van der Waals surface area contributed by atoms with E-state index in [-0.39, 0.29) is 22.9 Å². The Balaban J connectivity index is 2.09. The van der Waals surface area contributed by atoms with Crippen LogP contribution in [0, 0.1) is 11.7 Å². The van der Waals surface area contributed by atoms with Gasteiger partial charge in [0.25, 0.3) is 5.56 Å². The van der Waals surface area contributed by atoms with Crippen molar-refractivity contribution in [1.29, 1.82) is 0 Å². The van der Waals surface area contributed by atoms with Crippen molar-refractivity contribution in [2.75, 3.05) is 0 Å². The number of ether oxygens (including phenoxy) is 1. The van der Waals surface area contributed by atoms with Crippen molar-refractivity contribution < 1.29 is 13.9 Å². The molecule has 0 aliphatic carbocycles. The van der Waals surface area contributed by atoms with Crippen molar-refractivity contribution in [1.82, 2.24) is 9.78 Å². The second-order valence-corrected chi connectivity index (χ2v) is 6.12. The van der Waals surface area contributed by atoms with Crippen LogP contribution in [0.1, 0.15) is 24.3 Å². The minimum atomic E-state index is -0.737. The van der Waals surface area contributed by atoms with Gasteiger partial charge in [0.2, 0.25) is 0 Å². The minimum absolute atomic E-state index is 0.0279. The summed E-state index contributed by atoms with van der Waals surface area (Å²) >= 11 is 0. The highest BCUT2D eigenvalue weighted by molar-refractivity contribution is 6.02. The molecule has 0 saturated heterocycles. The first-order chi connectivity index (χ1) is 12.0. The Morgan fingerprint density at radius 3 is 2.56 bits per heavy atom. The molecule has 0 aliphatic heterocycles. The first kappa shape index (κ1) is 16.8. The fourth-order valence-corrected chi connectivity index (χ4v) is 2.54. The highest BCUT2D eigenvalue weighted by Crippen LogP contribution is 2.18. The topological polar surface area (TPSA) is 61.2 Å². The van der Waals surface area contributed by atoms with Crippen molar-refractivity contribution in [3.8, 4) is 5.75 Å². The summed E-state index contributed by atoms with van der Waals surface area (Å²) < 4.78 is 19.8. The SMILES string of the molecule is CC(C)Cn1nc(C(=O)Oc2cccc(F)c2)c2ccccc2c1=O. The van der Waals surface area contributed by atoms with E-state index in [0.717, 1.165) is 6.07 Å². The van der Waals surface area contributed by atoms with Gasteiger partial charge in [-0.15, -0.1) is 0 Å². The number of hydrogen-bond donors (Lipinski definition) is 0. The lowest BCUT2D eigenvalue weighted by Gasteiger charge is -2.12. The van der Waals surface area contributed by atoms with Crippen molar-refractivity contribution in [3.63, 3.8) is 0 Å². The van der Waals surface area contributed by atoms with Crippen LogP contribution in [0.15, 0.2) is 53.3 Å². The molecule has 0 bridgehead atoms. The third kappa shape index (κ3) is 3.57. The number of benzene rings is 2. The van der Waals surface area contributed by atoms with Crippen LogP contribution in [0.5, 0.6) is 5.75 Å². The molecule has 0 amide bonds. The first-order valence-electron chi connectivity index (χ1n) is 7.93. The quantitative estimate of drug-likeness (QED) is 0.539. The second-order valence-electron chi connectivity index (χ2n) is 6.12. The molecule has 0 N–H and O–H groups in total. The van der Waals surface area contributed by atoms with Gasteiger partial charge < -0.3 is 4.74 Å². The highest BCUT2D eigenvalue weighted by atomic mass is 19.1. The molecule has 0 aliphatic rings. The van der Waals surface area contributed by atoms with E-state index < -0.39 is 11.8 Å². The summed E-state index contributed by atoms with van der Waals surface area (Å²) in [6.45, 7) is 4.28. The number of rotatable bonds is 4. The zero-order valence-corrected chi connectivity index (χ0v) is 13.9. The Morgan fingerprint density at radius 1 is 1.16 bits per heavy atom. The van der Waals surface area contributed by atoms with Crippen LogP contribution in [0.2, 0.25) is 0 Å². The maximum Gasteiger partial charge on any atom is 0.364 e. The number of halogens is 1. The van der Waals surface area contributed by atoms with Crippen LogP contribution >= 0.6 is 0 Å². The van der Waals surface area contributed by atoms with Crippen molar-refractivity contribution in [2.45, 2.75) is 20.4 Å². The molecule has 3 rings (SSSR count). The van der Waals surface area contributed by atoms with E-state index in [9.17, 15) is 14.0 Å². The number of aromatic nitrogens is 2. The summed E-state index contributed by atoms with van der Waals surface area (Å²) in [5.74, 6) is -0.983. The Hall–Kier alpha value is -3.02. The third-order valence-electron chi connectivity index (χ3n) is 3.61. The third-order valence-corrected chi connectivity index (χ3v) is 3.61. The van der Waals surface area contributed by atoms with Crippen LogP contribution in [0.25, 0.3) is 10.8 Å². The molecule has 2 aromatic carbocycles. The largest absolute Gasteiger partial charge is 0.422 e.